The van der Waals surface area contributed by atoms with Gasteiger partial charge in [-0.25, -0.2) is 4.39 Å². The monoisotopic (exact) mass is 488 g/mol. The predicted molar refractivity (Wildman–Crippen MR) is 130 cm³/mol. The van der Waals surface area contributed by atoms with E-state index in [9.17, 15) is 23.9 Å². The first-order chi connectivity index (χ1) is 16.6. The first-order valence-electron chi connectivity index (χ1n) is 11.2. The molecule has 0 bridgehead atoms. The summed E-state index contributed by atoms with van der Waals surface area (Å²) in [6, 6.07) is 7.57. The van der Waals surface area contributed by atoms with E-state index in [4.69, 9.17) is 11.5 Å². The minimum Gasteiger partial charge on any atom is -0.508 e. The van der Waals surface area contributed by atoms with E-state index in [2.05, 4.69) is 10.1 Å². The molecule has 35 heavy (non-hydrogen) atoms. The Morgan fingerprint density at radius 2 is 1.83 bits per heavy atom. The number of aryl methyl sites for hydroxylation is 1. The average Bonchev–Trinajstić information content (AvgIpc) is 2.83. The lowest BCUT2D eigenvalue weighted by Crippen LogP contribution is -2.53. The fraction of sp³-hybridized carbons (Fsp3) is 0.400. The van der Waals surface area contributed by atoms with E-state index < -0.39 is 29.9 Å². The van der Waals surface area contributed by atoms with E-state index in [0.717, 1.165) is 11.1 Å². The molecule has 0 radical (unpaired) electrons. The Bertz CT molecular complexity index is 1060. The molecule has 0 saturated carbocycles. The van der Waals surface area contributed by atoms with E-state index in [-0.39, 0.29) is 31.0 Å². The highest BCUT2D eigenvalue weighted by Crippen LogP contribution is 2.28. The molecular weight excluding hydrogens is 455 g/mol. The molecule has 0 heterocycles. The predicted octanol–water partition coefficient (Wildman–Crippen LogP) is 1.23. The van der Waals surface area contributed by atoms with Crippen molar-refractivity contribution >= 4 is 17.8 Å². The van der Waals surface area contributed by atoms with Crippen LogP contribution in [-0.4, -0.2) is 67.1 Å². The number of halogens is 1. The molecule has 6 N–H and O–H groups in total. The maximum absolute atomic E-state index is 13.6. The van der Waals surface area contributed by atoms with Crippen LogP contribution in [0.1, 0.15) is 24.0 Å². The Morgan fingerprint density at radius 1 is 1.17 bits per heavy atom. The number of hydrogen-bond acceptors (Lipinski definition) is 7. The van der Waals surface area contributed by atoms with Crippen LogP contribution >= 0.6 is 0 Å². The summed E-state index contributed by atoms with van der Waals surface area (Å²) < 4.78 is 18.2. The summed E-state index contributed by atoms with van der Waals surface area (Å²) in [6.45, 7) is 1.71. The molecule has 2 atom stereocenters. The Hall–Kier alpha value is -3.50. The average molecular weight is 489 g/mol. The van der Waals surface area contributed by atoms with Gasteiger partial charge in [0.05, 0.1) is 13.2 Å². The SMILES string of the molecule is COC(=O)CN(C)C(=O)[C@H](CCCN)NC(=O)[C@@H](N)Cc1cc(-c2ccc(F)c(C)c2)ccc1O. The third-order valence-corrected chi connectivity index (χ3v) is 5.63. The fourth-order valence-electron chi connectivity index (χ4n) is 3.54. The second-order valence-corrected chi connectivity index (χ2v) is 8.38. The molecule has 0 aliphatic heterocycles. The number of ether oxygens (including phenoxy) is 1. The fourth-order valence-corrected chi connectivity index (χ4v) is 3.54. The van der Waals surface area contributed by atoms with E-state index in [0.29, 0.717) is 24.1 Å². The van der Waals surface area contributed by atoms with E-state index in [1.165, 1.54) is 31.2 Å². The number of carbonyl (C=O) groups excluding carboxylic acids is 3. The molecule has 0 fully saturated rings. The van der Waals surface area contributed by atoms with Gasteiger partial charge in [-0.1, -0.05) is 12.1 Å². The molecule has 2 aromatic rings. The lowest BCUT2D eigenvalue weighted by Gasteiger charge is -2.25. The molecule has 2 rings (SSSR count). The minimum absolute atomic E-state index is 0.00147. The first kappa shape index (κ1) is 27.7. The zero-order valence-electron chi connectivity index (χ0n) is 20.2. The number of carbonyl (C=O) groups is 3. The number of phenols is 1. The Morgan fingerprint density at radius 3 is 2.46 bits per heavy atom. The van der Waals surface area contributed by atoms with Gasteiger partial charge < -0.3 is 31.5 Å². The highest BCUT2D eigenvalue weighted by atomic mass is 19.1. The number of aromatic hydroxyl groups is 1. The second-order valence-electron chi connectivity index (χ2n) is 8.38. The van der Waals surface area contributed by atoms with Gasteiger partial charge in [0, 0.05) is 13.5 Å². The quantitative estimate of drug-likeness (QED) is 0.348. The number of nitrogens with one attached hydrogen (secondary N) is 1. The number of esters is 1. The number of benzene rings is 2. The molecule has 2 amide bonds. The summed E-state index contributed by atoms with van der Waals surface area (Å²) in [5.74, 6) is -2.00. The number of methoxy groups -OCH3 is 1. The van der Waals surface area contributed by atoms with E-state index in [1.54, 1.807) is 31.2 Å². The van der Waals surface area contributed by atoms with Crippen molar-refractivity contribution in [1.29, 1.82) is 0 Å². The van der Waals surface area contributed by atoms with Crippen LogP contribution in [-0.2, 0) is 25.5 Å². The number of likely N-dealkylation sites (N-methyl/N-ethyl adjacent to an activating group) is 1. The lowest BCUT2D eigenvalue weighted by atomic mass is 9.97. The van der Waals surface area contributed by atoms with Crippen molar-refractivity contribution in [3.63, 3.8) is 0 Å². The summed E-state index contributed by atoms with van der Waals surface area (Å²) in [5, 5.41) is 12.9. The minimum atomic E-state index is -1.06. The van der Waals surface area contributed by atoms with Crippen molar-refractivity contribution < 1.29 is 28.6 Å². The molecule has 190 valence electrons. The van der Waals surface area contributed by atoms with Crippen LogP contribution < -0.4 is 16.8 Å². The maximum Gasteiger partial charge on any atom is 0.325 e. The number of rotatable bonds is 11. The molecule has 9 nitrogen and oxygen atoms in total. The molecule has 10 heteroatoms. The van der Waals surface area contributed by atoms with Crippen LogP contribution in [0.4, 0.5) is 4.39 Å². The van der Waals surface area contributed by atoms with Gasteiger partial charge in [0.15, 0.2) is 0 Å². The highest BCUT2D eigenvalue weighted by Gasteiger charge is 2.27. The molecular formula is C25H33FN4O5. The van der Waals surface area contributed by atoms with Gasteiger partial charge in [-0.2, -0.15) is 0 Å². The van der Waals surface area contributed by atoms with Crippen molar-refractivity contribution in [2.45, 2.75) is 38.3 Å². The lowest BCUT2D eigenvalue weighted by molar-refractivity contribution is -0.147. The second kappa shape index (κ2) is 12.8. The first-order valence-corrected chi connectivity index (χ1v) is 11.2. The van der Waals surface area contributed by atoms with Crippen LogP contribution in [0.25, 0.3) is 11.1 Å². The third kappa shape index (κ3) is 7.76. The van der Waals surface area contributed by atoms with E-state index >= 15 is 0 Å². The summed E-state index contributed by atoms with van der Waals surface area (Å²) in [4.78, 5) is 38.3. The molecule has 0 saturated heterocycles. The van der Waals surface area contributed by atoms with Gasteiger partial charge in [-0.3, -0.25) is 14.4 Å². The standard InChI is InChI=1S/C25H33FN4O5/c1-15-11-16(6-8-19(15)26)17-7-9-22(31)18(12-17)13-20(28)24(33)29-21(5-4-10-27)25(34)30(2)14-23(32)35-3/h6-9,11-12,20-21,31H,4-5,10,13-14,27-28H2,1-3H3,(H,29,33)/t20-,21-/m0/s1. The summed E-state index contributed by atoms with van der Waals surface area (Å²) in [5.41, 5.74) is 14.1. The van der Waals surface area contributed by atoms with Crippen molar-refractivity contribution in [3.8, 4) is 16.9 Å². The number of phenolic OH excluding ortho intramolecular Hbond substituents is 1. The van der Waals surface area contributed by atoms with Crippen LogP contribution in [0, 0.1) is 12.7 Å². The molecule has 0 aliphatic rings. The highest BCUT2D eigenvalue weighted by molar-refractivity contribution is 5.91. The summed E-state index contributed by atoms with van der Waals surface area (Å²) in [6.07, 6.45) is 0.739. The van der Waals surface area contributed by atoms with Gasteiger partial charge >= 0.3 is 5.97 Å². The van der Waals surface area contributed by atoms with Crippen LogP contribution in [0.15, 0.2) is 36.4 Å². The van der Waals surface area contributed by atoms with Gasteiger partial charge in [-0.15, -0.1) is 0 Å². The van der Waals surface area contributed by atoms with Crippen molar-refractivity contribution in [2.75, 3.05) is 27.2 Å². The van der Waals surface area contributed by atoms with Gasteiger partial charge in [0.25, 0.3) is 0 Å². The number of hydrogen-bond donors (Lipinski definition) is 4. The van der Waals surface area contributed by atoms with Crippen molar-refractivity contribution in [2.24, 2.45) is 11.5 Å². The number of nitrogens with two attached hydrogens (primary N) is 2. The van der Waals surface area contributed by atoms with E-state index in [1.807, 2.05) is 0 Å². The van der Waals surface area contributed by atoms with Gasteiger partial charge in [0.1, 0.15) is 24.2 Å². The Labute approximate surface area is 204 Å². The number of nitrogens with zero attached hydrogens (tertiary/aromatic N) is 1. The van der Waals surface area contributed by atoms with Crippen LogP contribution in [0.5, 0.6) is 5.75 Å². The zero-order chi connectivity index (χ0) is 26.1. The summed E-state index contributed by atoms with van der Waals surface area (Å²) >= 11 is 0. The van der Waals surface area contributed by atoms with Crippen LogP contribution in [0.3, 0.4) is 0 Å². The normalized spacial score (nSPS) is 12.5. The summed E-state index contributed by atoms with van der Waals surface area (Å²) in [7, 11) is 2.65. The number of amides is 2. The Kier molecular flexibility index (Phi) is 10.2. The Balaban J connectivity index is 2.14. The van der Waals surface area contributed by atoms with Crippen molar-refractivity contribution in [3.05, 3.63) is 53.3 Å². The largest absolute Gasteiger partial charge is 0.508 e. The third-order valence-electron chi connectivity index (χ3n) is 5.63. The topological polar surface area (TPSA) is 148 Å². The molecule has 0 spiro atoms. The molecule has 0 aliphatic carbocycles. The van der Waals surface area contributed by atoms with Crippen molar-refractivity contribution in [1.82, 2.24) is 10.2 Å². The smallest absolute Gasteiger partial charge is 0.325 e. The van der Waals surface area contributed by atoms with Crippen LogP contribution in [0.2, 0.25) is 0 Å². The molecule has 0 aromatic heterocycles. The molecule has 2 aromatic carbocycles. The zero-order valence-corrected chi connectivity index (χ0v) is 20.2. The van der Waals surface area contributed by atoms with Gasteiger partial charge in [-0.05, 0) is 72.8 Å². The molecule has 0 unspecified atom stereocenters. The van der Waals surface area contributed by atoms with Gasteiger partial charge in [0.2, 0.25) is 11.8 Å². The maximum atomic E-state index is 13.6.